The number of aliphatic hydroxyl groups is 1. The lowest BCUT2D eigenvalue weighted by Gasteiger charge is -2.22. The van der Waals surface area contributed by atoms with E-state index in [1.165, 1.54) is 0 Å². The zero-order chi connectivity index (χ0) is 11.1. The molecule has 1 saturated heterocycles. The van der Waals surface area contributed by atoms with Gasteiger partial charge in [-0.3, -0.25) is 0 Å². The summed E-state index contributed by atoms with van der Waals surface area (Å²) in [7, 11) is 0. The highest BCUT2D eigenvalue weighted by atomic mass is 79.9. The van der Waals surface area contributed by atoms with Crippen molar-refractivity contribution < 1.29 is 5.11 Å². The molecule has 2 atom stereocenters. The van der Waals surface area contributed by atoms with Crippen molar-refractivity contribution in [3.05, 3.63) is 17.8 Å². The van der Waals surface area contributed by atoms with E-state index < -0.39 is 6.23 Å². The molecule has 1 aliphatic rings. The van der Waals surface area contributed by atoms with Gasteiger partial charge in [0.2, 0.25) is 0 Å². The fraction of sp³-hybridized carbons (Fsp3) is 0.400. The van der Waals surface area contributed by atoms with Crippen LogP contribution in [0, 0.1) is 0 Å². The van der Waals surface area contributed by atoms with Crippen molar-refractivity contribution in [2.45, 2.75) is 17.5 Å². The van der Waals surface area contributed by atoms with Crippen LogP contribution in [0.25, 0.3) is 10.2 Å². The van der Waals surface area contributed by atoms with Crippen LogP contribution in [-0.4, -0.2) is 32.7 Å². The predicted octanol–water partition coefficient (Wildman–Crippen LogP) is 1.98. The molecule has 0 saturated carbocycles. The minimum absolute atomic E-state index is 0.123. The maximum absolute atomic E-state index is 10.0. The number of aliphatic hydroxyl groups excluding tert-OH is 1. The van der Waals surface area contributed by atoms with Gasteiger partial charge in [0.1, 0.15) is 12.6 Å². The van der Waals surface area contributed by atoms with Crippen LogP contribution in [0.2, 0.25) is 0 Å². The molecule has 2 aromatic rings. The van der Waals surface area contributed by atoms with E-state index in [1.807, 2.05) is 16.3 Å². The Morgan fingerprint density at radius 1 is 1.50 bits per heavy atom. The van der Waals surface area contributed by atoms with Gasteiger partial charge in [-0.25, -0.2) is 9.97 Å². The highest BCUT2D eigenvalue weighted by molar-refractivity contribution is 9.09. The van der Waals surface area contributed by atoms with Crippen molar-refractivity contribution in [1.82, 2.24) is 9.97 Å². The van der Waals surface area contributed by atoms with Gasteiger partial charge in [0, 0.05) is 6.54 Å². The van der Waals surface area contributed by atoms with Gasteiger partial charge in [-0.1, -0.05) is 15.9 Å². The first-order chi connectivity index (χ1) is 7.77. The average Bonchev–Trinajstić information content (AvgIpc) is 2.87. The van der Waals surface area contributed by atoms with E-state index in [4.69, 9.17) is 0 Å². The quantitative estimate of drug-likeness (QED) is 0.818. The van der Waals surface area contributed by atoms with Crippen molar-refractivity contribution in [2.24, 2.45) is 0 Å². The molecule has 84 valence electrons. The molecule has 6 heteroatoms. The zero-order valence-corrected chi connectivity index (χ0v) is 10.8. The predicted molar refractivity (Wildman–Crippen MR) is 68.1 cm³/mol. The van der Waals surface area contributed by atoms with E-state index in [-0.39, 0.29) is 4.83 Å². The first-order valence-electron chi connectivity index (χ1n) is 5.04. The van der Waals surface area contributed by atoms with Crippen LogP contribution in [0.1, 0.15) is 6.42 Å². The lowest BCUT2D eigenvalue weighted by Crippen LogP contribution is -2.33. The number of anilines is 1. The largest absolute Gasteiger partial charge is 0.372 e. The zero-order valence-electron chi connectivity index (χ0n) is 8.38. The molecular weight excluding hydrogens is 290 g/mol. The summed E-state index contributed by atoms with van der Waals surface area (Å²) in [6, 6.07) is 1.97. The second-order valence-electron chi connectivity index (χ2n) is 3.74. The number of hydrogen-bond donors (Lipinski definition) is 1. The average molecular weight is 300 g/mol. The number of halogens is 1. The molecule has 2 aromatic heterocycles. The Bertz CT molecular complexity index is 517. The molecule has 1 fully saturated rings. The van der Waals surface area contributed by atoms with Gasteiger partial charge in [-0.15, -0.1) is 11.3 Å². The summed E-state index contributed by atoms with van der Waals surface area (Å²) in [4.78, 5) is 10.5. The summed E-state index contributed by atoms with van der Waals surface area (Å²) in [5, 5.41) is 12.0. The number of thiophene rings is 1. The van der Waals surface area contributed by atoms with Crippen LogP contribution in [-0.2, 0) is 0 Å². The third kappa shape index (κ3) is 1.52. The first-order valence-corrected chi connectivity index (χ1v) is 6.84. The minimum Gasteiger partial charge on any atom is -0.372 e. The maximum atomic E-state index is 10.0. The SMILES string of the molecule is OC1C(Br)CCN1c1ncnc2ccsc12. The van der Waals surface area contributed by atoms with Gasteiger partial charge in [0.05, 0.1) is 15.0 Å². The van der Waals surface area contributed by atoms with Crippen LogP contribution >= 0.6 is 27.3 Å². The molecule has 1 N–H and O–H groups in total. The summed E-state index contributed by atoms with van der Waals surface area (Å²) < 4.78 is 1.04. The van der Waals surface area contributed by atoms with Crippen LogP contribution in [0.4, 0.5) is 5.82 Å². The van der Waals surface area contributed by atoms with Gasteiger partial charge in [-0.05, 0) is 17.9 Å². The van der Waals surface area contributed by atoms with Crippen molar-refractivity contribution in [2.75, 3.05) is 11.4 Å². The molecule has 16 heavy (non-hydrogen) atoms. The second kappa shape index (κ2) is 3.94. The van der Waals surface area contributed by atoms with E-state index in [1.54, 1.807) is 17.7 Å². The third-order valence-electron chi connectivity index (χ3n) is 2.79. The molecule has 4 nitrogen and oxygen atoms in total. The van der Waals surface area contributed by atoms with E-state index in [2.05, 4.69) is 25.9 Å². The highest BCUT2D eigenvalue weighted by Gasteiger charge is 2.32. The normalized spacial score (nSPS) is 25.5. The van der Waals surface area contributed by atoms with Gasteiger partial charge in [-0.2, -0.15) is 0 Å². The lowest BCUT2D eigenvalue weighted by molar-refractivity contribution is 0.192. The van der Waals surface area contributed by atoms with E-state index in [0.29, 0.717) is 0 Å². The minimum atomic E-state index is -0.500. The molecule has 3 rings (SSSR count). The molecule has 2 unspecified atom stereocenters. The van der Waals surface area contributed by atoms with E-state index in [9.17, 15) is 5.11 Å². The molecule has 3 heterocycles. The number of aromatic nitrogens is 2. The molecule has 0 radical (unpaired) electrons. The molecular formula is C10H10BrN3OS. The van der Waals surface area contributed by atoms with Gasteiger partial charge >= 0.3 is 0 Å². The van der Waals surface area contributed by atoms with Gasteiger partial charge in [0.25, 0.3) is 0 Å². The van der Waals surface area contributed by atoms with Crippen LogP contribution < -0.4 is 4.90 Å². The number of rotatable bonds is 1. The number of alkyl halides is 1. The molecule has 1 aliphatic heterocycles. The van der Waals surface area contributed by atoms with Crippen molar-refractivity contribution in [3.63, 3.8) is 0 Å². The Morgan fingerprint density at radius 2 is 2.38 bits per heavy atom. The Balaban J connectivity index is 2.09. The molecule has 0 amide bonds. The highest BCUT2D eigenvalue weighted by Crippen LogP contribution is 2.33. The molecule has 0 aliphatic carbocycles. The third-order valence-corrected chi connectivity index (χ3v) is 4.62. The van der Waals surface area contributed by atoms with E-state index in [0.717, 1.165) is 29.0 Å². The lowest BCUT2D eigenvalue weighted by atomic mass is 10.4. The van der Waals surface area contributed by atoms with Gasteiger partial charge < -0.3 is 10.0 Å². The van der Waals surface area contributed by atoms with Crippen molar-refractivity contribution in [1.29, 1.82) is 0 Å². The Labute approximate surface area is 105 Å². The Morgan fingerprint density at radius 3 is 3.12 bits per heavy atom. The standard InChI is InChI=1S/C10H10BrN3OS/c11-6-1-3-14(10(6)15)9-8-7(2-4-16-8)12-5-13-9/h2,4-6,10,15H,1,3H2. The first kappa shape index (κ1) is 10.4. The Kier molecular flexibility index (Phi) is 2.57. The summed E-state index contributed by atoms with van der Waals surface area (Å²) in [6.45, 7) is 0.821. The molecule has 0 spiro atoms. The summed E-state index contributed by atoms with van der Waals surface area (Å²) in [5.74, 6) is 0.842. The second-order valence-corrected chi connectivity index (χ2v) is 5.84. The fourth-order valence-electron chi connectivity index (χ4n) is 1.95. The van der Waals surface area contributed by atoms with Crippen molar-refractivity contribution >= 4 is 43.3 Å². The molecule has 0 aromatic carbocycles. The summed E-state index contributed by atoms with van der Waals surface area (Å²) in [6.07, 6.45) is 1.98. The fourth-order valence-corrected chi connectivity index (χ4v) is 3.29. The number of hydrogen-bond acceptors (Lipinski definition) is 5. The summed E-state index contributed by atoms with van der Waals surface area (Å²) >= 11 is 5.08. The number of nitrogens with zero attached hydrogens (tertiary/aromatic N) is 3. The molecule has 0 bridgehead atoms. The summed E-state index contributed by atoms with van der Waals surface area (Å²) in [5.41, 5.74) is 0.945. The topological polar surface area (TPSA) is 49.2 Å². The van der Waals surface area contributed by atoms with Crippen LogP contribution in [0.5, 0.6) is 0 Å². The van der Waals surface area contributed by atoms with Crippen LogP contribution in [0.3, 0.4) is 0 Å². The smallest absolute Gasteiger partial charge is 0.152 e. The maximum Gasteiger partial charge on any atom is 0.152 e. The van der Waals surface area contributed by atoms with Crippen molar-refractivity contribution in [3.8, 4) is 0 Å². The monoisotopic (exact) mass is 299 g/mol. The van der Waals surface area contributed by atoms with Gasteiger partial charge in [0.15, 0.2) is 5.82 Å². The number of fused-ring (bicyclic) bond motifs is 1. The Hall–Kier alpha value is -0.720. The van der Waals surface area contributed by atoms with E-state index >= 15 is 0 Å². The van der Waals surface area contributed by atoms with Crippen LogP contribution in [0.15, 0.2) is 17.8 Å².